The van der Waals surface area contributed by atoms with Gasteiger partial charge in [-0.2, -0.15) is 5.10 Å². The zero-order chi connectivity index (χ0) is 14.4. The fourth-order valence-corrected chi connectivity index (χ4v) is 2.60. The molecule has 0 saturated carbocycles. The topological polar surface area (TPSA) is 67.2 Å². The van der Waals surface area contributed by atoms with E-state index in [1.807, 2.05) is 0 Å². The Balaban J connectivity index is 2.37. The van der Waals surface area contributed by atoms with E-state index in [0.717, 1.165) is 0 Å². The maximum atomic E-state index is 12.3. The second-order valence-corrected chi connectivity index (χ2v) is 4.79. The summed E-state index contributed by atoms with van der Waals surface area (Å²) in [6.45, 7) is 1.73. The molecule has 6 nitrogen and oxygen atoms in total. The zero-order valence-corrected chi connectivity index (χ0v) is 11.6. The van der Waals surface area contributed by atoms with Crippen LogP contribution in [0, 0.1) is 6.92 Å². The average Bonchev–Trinajstić information content (AvgIpc) is 2.59. The van der Waals surface area contributed by atoms with Crippen LogP contribution in [-0.4, -0.2) is 21.1 Å². The highest BCUT2D eigenvalue weighted by Crippen LogP contribution is 2.39. The number of amides is 2. The van der Waals surface area contributed by atoms with Crippen molar-refractivity contribution in [3.05, 3.63) is 35.7 Å². The summed E-state index contributed by atoms with van der Waals surface area (Å²) >= 11 is 5.72. The van der Waals surface area contributed by atoms with Gasteiger partial charge in [0, 0.05) is 7.05 Å². The lowest BCUT2D eigenvalue weighted by atomic mass is 10.2. The molecule has 0 radical (unpaired) electrons. The first-order chi connectivity index (χ1) is 9.50. The number of rotatable bonds is 0. The van der Waals surface area contributed by atoms with Crippen molar-refractivity contribution < 1.29 is 9.59 Å². The normalized spacial score (nSPS) is 13.3. The molecule has 7 heteroatoms. The second kappa shape index (κ2) is 4.35. The van der Waals surface area contributed by atoms with Crippen LogP contribution in [0.15, 0.2) is 24.3 Å². The third-order valence-corrected chi connectivity index (χ3v) is 3.37. The first-order valence-corrected chi connectivity index (χ1v) is 6.32. The smallest absolute Gasteiger partial charge is 0.319 e. The van der Waals surface area contributed by atoms with Gasteiger partial charge in [0.15, 0.2) is 5.69 Å². The van der Waals surface area contributed by atoms with E-state index >= 15 is 0 Å². The fraction of sp³-hybridized carbons (Fsp3) is 0.154. The molecule has 1 aromatic carbocycles. The third kappa shape index (κ3) is 1.69. The molecule has 1 aliphatic heterocycles. The number of carbonyl (C=O) groups is 2. The van der Waals surface area contributed by atoms with E-state index in [4.69, 9.17) is 11.6 Å². The number of halogens is 1. The van der Waals surface area contributed by atoms with E-state index in [-0.39, 0.29) is 5.91 Å². The Morgan fingerprint density at radius 1 is 1.35 bits per heavy atom. The van der Waals surface area contributed by atoms with Crippen LogP contribution >= 0.6 is 11.6 Å². The van der Waals surface area contributed by atoms with E-state index in [0.29, 0.717) is 28.5 Å². The molecule has 0 bridgehead atoms. The molecule has 0 spiro atoms. The number of nitrogens with one attached hydrogen (secondary N) is 1. The molecule has 0 atom stereocenters. The highest BCUT2D eigenvalue weighted by molar-refractivity contribution is 6.67. The Morgan fingerprint density at radius 2 is 2.05 bits per heavy atom. The van der Waals surface area contributed by atoms with Crippen molar-refractivity contribution in [3.63, 3.8) is 0 Å². The highest BCUT2D eigenvalue weighted by Gasteiger charge is 2.33. The molecule has 1 N–H and O–H groups in total. The summed E-state index contributed by atoms with van der Waals surface area (Å²) in [6, 6.07) is 6.98. The van der Waals surface area contributed by atoms with Crippen molar-refractivity contribution >= 4 is 39.9 Å². The van der Waals surface area contributed by atoms with Crippen molar-refractivity contribution in [2.24, 2.45) is 7.05 Å². The average molecular weight is 291 g/mol. The van der Waals surface area contributed by atoms with Gasteiger partial charge in [-0.3, -0.25) is 19.2 Å². The minimum Gasteiger partial charge on any atom is -0.319 e. The maximum Gasteiger partial charge on any atom is 0.325 e. The second-order valence-electron chi connectivity index (χ2n) is 4.47. The number of anilines is 3. The van der Waals surface area contributed by atoms with Crippen molar-refractivity contribution in [3.8, 4) is 0 Å². The minimum absolute atomic E-state index is 0.299. The van der Waals surface area contributed by atoms with Crippen LogP contribution in [0.1, 0.15) is 16.2 Å². The number of aromatic nitrogens is 2. The summed E-state index contributed by atoms with van der Waals surface area (Å²) in [5.74, 6) is -0.323. The van der Waals surface area contributed by atoms with Crippen LogP contribution < -0.4 is 10.2 Å². The summed E-state index contributed by atoms with van der Waals surface area (Å²) in [4.78, 5) is 25.5. The van der Waals surface area contributed by atoms with Gasteiger partial charge >= 0.3 is 5.37 Å². The van der Waals surface area contributed by atoms with E-state index in [2.05, 4.69) is 10.4 Å². The van der Waals surface area contributed by atoms with Gasteiger partial charge in [0.25, 0.3) is 5.91 Å². The van der Waals surface area contributed by atoms with Gasteiger partial charge in [-0.15, -0.1) is 0 Å². The minimum atomic E-state index is -0.689. The molecule has 0 fully saturated rings. The van der Waals surface area contributed by atoms with E-state index in [9.17, 15) is 9.59 Å². The Kier molecular flexibility index (Phi) is 2.76. The van der Waals surface area contributed by atoms with E-state index < -0.39 is 5.37 Å². The Labute approximate surface area is 119 Å². The number of benzene rings is 1. The lowest BCUT2D eigenvalue weighted by Gasteiger charge is -2.19. The van der Waals surface area contributed by atoms with Crippen LogP contribution in [0.25, 0.3) is 0 Å². The number of fused-ring (bicyclic) bond motifs is 2. The lowest BCUT2D eigenvalue weighted by molar-refractivity contribution is 0.101. The van der Waals surface area contributed by atoms with Gasteiger partial charge in [-0.05, 0) is 30.7 Å². The third-order valence-electron chi connectivity index (χ3n) is 3.20. The zero-order valence-electron chi connectivity index (χ0n) is 10.8. The van der Waals surface area contributed by atoms with Crippen molar-refractivity contribution in [2.45, 2.75) is 6.92 Å². The quantitative estimate of drug-likeness (QED) is 0.599. The van der Waals surface area contributed by atoms with Gasteiger partial charge in [0.2, 0.25) is 0 Å². The Morgan fingerprint density at radius 3 is 2.75 bits per heavy atom. The van der Waals surface area contributed by atoms with Crippen molar-refractivity contribution in [2.75, 3.05) is 10.2 Å². The highest BCUT2D eigenvalue weighted by atomic mass is 35.5. The van der Waals surface area contributed by atoms with Gasteiger partial charge < -0.3 is 5.32 Å². The number of carbonyl (C=O) groups excluding carboxylic acids is 2. The van der Waals surface area contributed by atoms with Crippen LogP contribution in [0.4, 0.5) is 21.9 Å². The molecule has 3 rings (SSSR count). The number of aryl methyl sites for hydroxylation is 2. The predicted octanol–water partition coefficient (Wildman–Crippen LogP) is 2.79. The summed E-state index contributed by atoms with van der Waals surface area (Å²) < 4.78 is 1.44. The number of hydrogen-bond donors (Lipinski definition) is 1. The molecule has 0 unspecified atom stereocenters. The van der Waals surface area contributed by atoms with Gasteiger partial charge in [-0.1, -0.05) is 12.1 Å². The van der Waals surface area contributed by atoms with Crippen LogP contribution in [0.5, 0.6) is 0 Å². The molecule has 20 heavy (non-hydrogen) atoms. The number of nitrogens with zero attached hydrogens (tertiary/aromatic N) is 3. The summed E-state index contributed by atoms with van der Waals surface area (Å²) in [5, 5.41) is 6.27. The summed E-state index contributed by atoms with van der Waals surface area (Å²) in [5.41, 5.74) is 2.32. The summed E-state index contributed by atoms with van der Waals surface area (Å²) in [7, 11) is 1.65. The lowest BCUT2D eigenvalue weighted by Crippen LogP contribution is -2.21. The first-order valence-electron chi connectivity index (χ1n) is 5.94. The molecule has 1 aromatic heterocycles. The van der Waals surface area contributed by atoms with Gasteiger partial charge in [0.1, 0.15) is 5.69 Å². The van der Waals surface area contributed by atoms with Crippen LogP contribution in [0.3, 0.4) is 0 Å². The standard InChI is InChI=1S/C13H11ClN4O2/c1-7-10-11(17(2)16-7)12(19)15-8-5-3-4-6-9(8)18(10)13(14)20/h3-6H,1-2H3,(H,15,19). The van der Waals surface area contributed by atoms with Crippen LogP contribution in [0.2, 0.25) is 0 Å². The van der Waals surface area contributed by atoms with E-state index in [1.54, 1.807) is 38.2 Å². The fourth-order valence-electron chi connectivity index (χ4n) is 2.43. The molecule has 0 saturated heterocycles. The largest absolute Gasteiger partial charge is 0.325 e. The molecule has 2 heterocycles. The van der Waals surface area contributed by atoms with Crippen LogP contribution in [-0.2, 0) is 7.05 Å². The SMILES string of the molecule is Cc1nn(C)c2c1N(C(=O)Cl)c1ccccc1NC2=O. The van der Waals surface area contributed by atoms with Crippen molar-refractivity contribution in [1.82, 2.24) is 9.78 Å². The number of para-hydroxylation sites is 2. The van der Waals surface area contributed by atoms with Gasteiger partial charge in [-0.25, -0.2) is 0 Å². The van der Waals surface area contributed by atoms with Gasteiger partial charge in [0.05, 0.1) is 17.1 Å². The molecular formula is C13H11ClN4O2. The van der Waals surface area contributed by atoms with Crippen molar-refractivity contribution in [1.29, 1.82) is 0 Å². The molecular weight excluding hydrogens is 280 g/mol. The Hall–Kier alpha value is -2.34. The monoisotopic (exact) mass is 290 g/mol. The first kappa shape index (κ1) is 12.7. The molecule has 0 aliphatic carbocycles. The number of hydrogen-bond acceptors (Lipinski definition) is 3. The molecule has 2 amide bonds. The molecule has 1 aliphatic rings. The Bertz CT molecular complexity index is 738. The predicted molar refractivity (Wildman–Crippen MR) is 75.7 cm³/mol. The summed E-state index contributed by atoms with van der Waals surface area (Å²) in [6.07, 6.45) is 0. The van der Waals surface area contributed by atoms with E-state index in [1.165, 1.54) is 9.58 Å². The molecule has 102 valence electrons. The maximum absolute atomic E-state index is 12.3. The molecule has 2 aromatic rings.